The summed E-state index contributed by atoms with van der Waals surface area (Å²) in [6.45, 7) is 3.34. The molecule has 0 aromatic carbocycles. The molecule has 1 saturated heterocycles. The molecule has 0 radical (unpaired) electrons. The van der Waals surface area contributed by atoms with E-state index in [4.69, 9.17) is 0 Å². The Balaban J connectivity index is 1.24. The predicted molar refractivity (Wildman–Crippen MR) is 84.1 cm³/mol. The number of nitrogens with one attached hydrogen (secondary N) is 1. The van der Waals surface area contributed by atoms with Crippen LogP contribution >= 0.6 is 0 Å². The van der Waals surface area contributed by atoms with E-state index in [1.807, 2.05) is 18.5 Å². The van der Waals surface area contributed by atoms with Crippen LogP contribution in [0.4, 0.5) is 5.95 Å². The first-order valence-corrected chi connectivity index (χ1v) is 8.32. The highest BCUT2D eigenvalue weighted by molar-refractivity contribution is 5.29. The van der Waals surface area contributed by atoms with Crippen molar-refractivity contribution in [3.63, 3.8) is 0 Å². The molecule has 2 aliphatic carbocycles. The fourth-order valence-electron chi connectivity index (χ4n) is 4.19. The quantitative estimate of drug-likeness (QED) is 0.861. The average Bonchev–Trinajstić information content (AvgIpc) is 3.17. The number of hydrogen-bond donors (Lipinski definition) is 1. The fourth-order valence-corrected chi connectivity index (χ4v) is 4.19. The van der Waals surface area contributed by atoms with E-state index in [0.717, 1.165) is 36.8 Å². The predicted octanol–water partition coefficient (Wildman–Crippen LogP) is 2.25. The molecule has 2 fully saturated rings. The highest BCUT2D eigenvalue weighted by Gasteiger charge is 2.35. The lowest BCUT2D eigenvalue weighted by molar-refractivity contribution is 0.348. The molecule has 112 valence electrons. The summed E-state index contributed by atoms with van der Waals surface area (Å²) in [6.07, 6.45) is 13.8. The Bertz CT molecular complexity index is 493. The zero-order chi connectivity index (χ0) is 14.1. The maximum atomic E-state index is 4.35. The number of rotatable bonds is 4. The van der Waals surface area contributed by atoms with Crippen molar-refractivity contribution in [3.05, 3.63) is 30.6 Å². The molecule has 0 unspecified atom stereocenters. The molecule has 1 N–H and O–H groups in total. The Morgan fingerprint density at radius 3 is 2.57 bits per heavy atom. The molecule has 4 rings (SSSR count). The first-order chi connectivity index (χ1) is 10.4. The highest BCUT2D eigenvalue weighted by Crippen LogP contribution is 2.43. The number of piperidine rings is 1. The Morgan fingerprint density at radius 2 is 1.90 bits per heavy atom. The van der Waals surface area contributed by atoms with Gasteiger partial charge in [0.05, 0.1) is 0 Å². The maximum absolute atomic E-state index is 4.35. The van der Waals surface area contributed by atoms with E-state index in [1.165, 1.54) is 32.2 Å². The summed E-state index contributed by atoms with van der Waals surface area (Å²) >= 11 is 0. The van der Waals surface area contributed by atoms with E-state index in [1.54, 1.807) is 0 Å². The van der Waals surface area contributed by atoms with Crippen molar-refractivity contribution in [2.24, 2.45) is 17.8 Å². The Hall–Kier alpha value is -1.42. The number of nitrogens with zero attached hydrogens (tertiary/aromatic N) is 3. The topological polar surface area (TPSA) is 41.0 Å². The van der Waals surface area contributed by atoms with Crippen LogP contribution in [-0.4, -0.2) is 35.6 Å². The zero-order valence-corrected chi connectivity index (χ0v) is 12.5. The lowest BCUT2D eigenvalue weighted by Gasteiger charge is -2.33. The van der Waals surface area contributed by atoms with Crippen LogP contribution in [0.2, 0.25) is 0 Å². The van der Waals surface area contributed by atoms with Gasteiger partial charge in [0.1, 0.15) is 0 Å². The van der Waals surface area contributed by atoms with Crippen LogP contribution in [0.1, 0.15) is 25.7 Å². The van der Waals surface area contributed by atoms with Crippen molar-refractivity contribution in [1.29, 1.82) is 0 Å². The van der Waals surface area contributed by atoms with Crippen molar-refractivity contribution >= 4 is 5.95 Å². The third-order valence-electron chi connectivity index (χ3n) is 5.42. The maximum Gasteiger partial charge on any atom is 0.225 e. The van der Waals surface area contributed by atoms with Gasteiger partial charge in [-0.05, 0) is 56.0 Å². The molecule has 1 saturated carbocycles. The van der Waals surface area contributed by atoms with E-state index < -0.39 is 0 Å². The number of aromatic nitrogens is 2. The summed E-state index contributed by atoms with van der Waals surface area (Å²) in [5, 5.41) is 3.82. The second kappa shape index (κ2) is 5.76. The minimum absolute atomic E-state index is 0.674. The minimum Gasteiger partial charge on any atom is -0.341 e. The van der Waals surface area contributed by atoms with Crippen LogP contribution in [0.3, 0.4) is 0 Å². The van der Waals surface area contributed by atoms with Gasteiger partial charge in [-0.15, -0.1) is 0 Å². The molecular formula is C17H24N4. The van der Waals surface area contributed by atoms with E-state index in [0.29, 0.717) is 6.04 Å². The van der Waals surface area contributed by atoms with Crippen LogP contribution in [-0.2, 0) is 0 Å². The van der Waals surface area contributed by atoms with E-state index in [-0.39, 0.29) is 0 Å². The summed E-state index contributed by atoms with van der Waals surface area (Å²) in [5.41, 5.74) is 0. The zero-order valence-electron chi connectivity index (χ0n) is 12.5. The molecule has 3 atom stereocenters. The Kier molecular flexibility index (Phi) is 3.63. The van der Waals surface area contributed by atoms with Crippen molar-refractivity contribution in [3.8, 4) is 0 Å². The smallest absolute Gasteiger partial charge is 0.225 e. The summed E-state index contributed by atoms with van der Waals surface area (Å²) < 4.78 is 0. The monoisotopic (exact) mass is 284 g/mol. The minimum atomic E-state index is 0.674. The van der Waals surface area contributed by atoms with Gasteiger partial charge in [-0.1, -0.05) is 12.2 Å². The van der Waals surface area contributed by atoms with Crippen molar-refractivity contribution in [1.82, 2.24) is 15.3 Å². The third-order valence-corrected chi connectivity index (χ3v) is 5.42. The van der Waals surface area contributed by atoms with E-state index >= 15 is 0 Å². The van der Waals surface area contributed by atoms with Crippen LogP contribution in [0.15, 0.2) is 30.6 Å². The molecule has 3 aliphatic rings. The van der Waals surface area contributed by atoms with Crippen LogP contribution in [0, 0.1) is 17.8 Å². The lowest BCUT2D eigenvalue weighted by Crippen LogP contribution is -2.44. The fraction of sp³-hybridized carbons (Fsp3) is 0.647. The highest BCUT2D eigenvalue weighted by atomic mass is 15.3. The van der Waals surface area contributed by atoms with Gasteiger partial charge in [0, 0.05) is 31.5 Å². The summed E-state index contributed by atoms with van der Waals surface area (Å²) in [7, 11) is 0. The normalized spacial score (nSPS) is 32.0. The van der Waals surface area contributed by atoms with E-state index in [2.05, 4.69) is 32.3 Å². The first kappa shape index (κ1) is 13.3. The molecule has 0 amide bonds. The Labute approximate surface area is 126 Å². The molecule has 1 aromatic rings. The first-order valence-electron chi connectivity index (χ1n) is 8.32. The number of allylic oxidation sites excluding steroid dienone is 2. The largest absolute Gasteiger partial charge is 0.341 e. The van der Waals surface area contributed by atoms with Crippen LogP contribution in [0.25, 0.3) is 0 Å². The number of fused-ring (bicyclic) bond motifs is 2. The van der Waals surface area contributed by atoms with Crippen molar-refractivity contribution in [2.45, 2.75) is 31.7 Å². The van der Waals surface area contributed by atoms with Gasteiger partial charge in [0.2, 0.25) is 5.95 Å². The van der Waals surface area contributed by atoms with Crippen LogP contribution < -0.4 is 10.2 Å². The summed E-state index contributed by atoms with van der Waals surface area (Å²) in [4.78, 5) is 11.0. The van der Waals surface area contributed by atoms with Gasteiger partial charge in [0.15, 0.2) is 0 Å². The van der Waals surface area contributed by atoms with Gasteiger partial charge in [-0.25, -0.2) is 9.97 Å². The molecule has 0 spiro atoms. The summed E-state index contributed by atoms with van der Waals surface area (Å²) in [5.74, 6) is 3.52. The van der Waals surface area contributed by atoms with Gasteiger partial charge in [-0.2, -0.15) is 0 Å². The molecule has 2 heterocycles. The average molecular weight is 284 g/mol. The van der Waals surface area contributed by atoms with E-state index in [9.17, 15) is 0 Å². The van der Waals surface area contributed by atoms with Gasteiger partial charge < -0.3 is 10.2 Å². The third kappa shape index (κ3) is 2.82. The lowest BCUT2D eigenvalue weighted by atomic mass is 9.93. The molecule has 1 aromatic heterocycles. The SMILES string of the molecule is C1=C[C@H]2C[C@@H]1C[C@H]2CNC1CCN(c2ncccn2)CC1. The second-order valence-electron chi connectivity index (χ2n) is 6.76. The molecule has 4 nitrogen and oxygen atoms in total. The van der Waals surface area contributed by atoms with Crippen LogP contribution in [0.5, 0.6) is 0 Å². The van der Waals surface area contributed by atoms with Crippen molar-refractivity contribution in [2.75, 3.05) is 24.5 Å². The van der Waals surface area contributed by atoms with Gasteiger partial charge in [0.25, 0.3) is 0 Å². The number of anilines is 1. The molecule has 21 heavy (non-hydrogen) atoms. The van der Waals surface area contributed by atoms with Crippen molar-refractivity contribution < 1.29 is 0 Å². The Morgan fingerprint density at radius 1 is 1.10 bits per heavy atom. The van der Waals surface area contributed by atoms with Gasteiger partial charge >= 0.3 is 0 Å². The molecule has 1 aliphatic heterocycles. The van der Waals surface area contributed by atoms with Gasteiger partial charge in [-0.3, -0.25) is 0 Å². The molecule has 4 heteroatoms. The molecular weight excluding hydrogens is 260 g/mol. The summed E-state index contributed by atoms with van der Waals surface area (Å²) in [6, 6.07) is 2.55. The number of hydrogen-bond acceptors (Lipinski definition) is 4. The second-order valence-corrected chi connectivity index (χ2v) is 6.76. The standard InChI is InChI=1S/C17H24N4/c1-6-18-17(19-7-1)21-8-4-16(5-9-21)20-12-15-11-13-2-3-14(15)10-13/h1-3,6-7,13-16,20H,4-5,8-12H2/t13-,14+,15+/m1/s1. The molecule has 2 bridgehead atoms.